The Bertz CT molecular complexity index is 1260. The van der Waals surface area contributed by atoms with E-state index in [1.807, 2.05) is 54.6 Å². The lowest BCUT2D eigenvalue weighted by molar-refractivity contribution is -0.121. The van der Waals surface area contributed by atoms with E-state index in [4.69, 9.17) is 4.52 Å². The Balaban J connectivity index is 1.22. The Morgan fingerprint density at radius 2 is 1.97 bits per heavy atom. The number of aromatic nitrogens is 2. The van der Waals surface area contributed by atoms with Gasteiger partial charge in [-0.1, -0.05) is 63.6 Å². The molecule has 1 amide bonds. The van der Waals surface area contributed by atoms with Crippen LogP contribution in [-0.4, -0.2) is 34.0 Å². The zero-order valence-electron chi connectivity index (χ0n) is 17.5. The van der Waals surface area contributed by atoms with Crippen LogP contribution in [0, 0.1) is 5.92 Å². The van der Waals surface area contributed by atoms with Crippen LogP contribution in [0.5, 0.6) is 0 Å². The number of hydrogen-bond donors (Lipinski definition) is 1. The monoisotopic (exact) mass is 490 g/mol. The van der Waals surface area contributed by atoms with Crippen molar-refractivity contribution >= 4 is 38.3 Å². The third-order valence-electron chi connectivity index (χ3n) is 5.80. The summed E-state index contributed by atoms with van der Waals surface area (Å²) in [4.78, 5) is 19.7. The van der Waals surface area contributed by atoms with E-state index in [1.165, 1.54) is 0 Å². The fourth-order valence-corrected chi connectivity index (χ4v) is 4.58. The van der Waals surface area contributed by atoms with Crippen molar-refractivity contribution < 1.29 is 9.32 Å². The Labute approximate surface area is 194 Å². The maximum atomic E-state index is 12.9. The number of benzene rings is 3. The van der Waals surface area contributed by atoms with E-state index in [1.54, 1.807) is 0 Å². The van der Waals surface area contributed by atoms with E-state index >= 15 is 0 Å². The minimum atomic E-state index is -0.0670. The van der Waals surface area contributed by atoms with Crippen LogP contribution in [0.25, 0.3) is 22.2 Å². The second kappa shape index (κ2) is 9.22. The molecule has 6 nitrogen and oxygen atoms in total. The molecule has 1 unspecified atom stereocenters. The largest absolute Gasteiger partial charge is 0.338 e. The average Bonchev–Trinajstić information content (AvgIpc) is 3.28. The van der Waals surface area contributed by atoms with Gasteiger partial charge in [0, 0.05) is 22.3 Å². The summed E-state index contributed by atoms with van der Waals surface area (Å²) in [6.45, 7) is 2.13. The summed E-state index contributed by atoms with van der Waals surface area (Å²) < 4.78 is 6.45. The van der Waals surface area contributed by atoms with Crippen molar-refractivity contribution in [3.8, 4) is 11.4 Å². The molecule has 4 aromatic rings. The first-order chi connectivity index (χ1) is 15.6. The minimum absolute atomic E-state index is 0.0605. The van der Waals surface area contributed by atoms with Gasteiger partial charge in [-0.15, -0.1) is 0 Å². The molecule has 1 fully saturated rings. The highest BCUT2D eigenvalue weighted by atomic mass is 79.9. The zero-order valence-corrected chi connectivity index (χ0v) is 19.1. The number of anilines is 1. The quantitative estimate of drug-likeness (QED) is 0.399. The summed E-state index contributed by atoms with van der Waals surface area (Å²) in [5, 5.41) is 9.49. The molecular weight excluding hydrogens is 468 g/mol. The highest BCUT2D eigenvalue weighted by Gasteiger charge is 2.27. The summed E-state index contributed by atoms with van der Waals surface area (Å²) in [5.74, 6) is 1.13. The van der Waals surface area contributed by atoms with Crippen molar-refractivity contribution in [1.29, 1.82) is 0 Å². The highest BCUT2D eigenvalue weighted by molar-refractivity contribution is 9.10. The summed E-state index contributed by atoms with van der Waals surface area (Å²) in [5.41, 5.74) is 1.74. The predicted octanol–water partition coefficient (Wildman–Crippen LogP) is 5.50. The molecule has 0 saturated carbocycles. The molecule has 1 aromatic heterocycles. The van der Waals surface area contributed by atoms with E-state index < -0.39 is 0 Å². The van der Waals surface area contributed by atoms with Gasteiger partial charge in [-0.25, -0.2) is 0 Å². The van der Waals surface area contributed by atoms with Crippen LogP contribution in [0.1, 0.15) is 18.7 Å². The van der Waals surface area contributed by atoms with Crippen molar-refractivity contribution in [1.82, 2.24) is 15.0 Å². The summed E-state index contributed by atoms with van der Waals surface area (Å²) >= 11 is 3.47. The Hall–Kier alpha value is -3.03. The van der Waals surface area contributed by atoms with Gasteiger partial charge in [0.15, 0.2) is 0 Å². The Kier molecular flexibility index (Phi) is 6.01. The fourth-order valence-electron chi connectivity index (χ4n) is 4.18. The van der Waals surface area contributed by atoms with Crippen molar-refractivity contribution in [2.24, 2.45) is 5.92 Å². The molecule has 5 rings (SSSR count). The number of fused-ring (bicyclic) bond motifs is 1. The van der Waals surface area contributed by atoms with Gasteiger partial charge >= 0.3 is 0 Å². The van der Waals surface area contributed by atoms with Crippen LogP contribution in [0.15, 0.2) is 75.7 Å². The maximum Gasteiger partial charge on any atom is 0.241 e. The number of piperidine rings is 1. The van der Waals surface area contributed by atoms with Gasteiger partial charge < -0.3 is 9.84 Å². The molecule has 0 bridgehead atoms. The van der Waals surface area contributed by atoms with Gasteiger partial charge in [0.1, 0.15) is 0 Å². The standard InChI is InChI=1S/C25H23BrN4O2/c26-21-9-3-7-19(13-21)24-28-23(32-29-24)16-30-12-4-8-20(15-30)25(31)27-22-11-10-17-5-1-2-6-18(17)14-22/h1-3,5-7,9-11,13-14,20H,4,8,12,15-16H2,(H,27,31). The highest BCUT2D eigenvalue weighted by Crippen LogP contribution is 2.24. The molecule has 32 heavy (non-hydrogen) atoms. The number of carbonyl (C=O) groups is 1. The summed E-state index contributed by atoms with van der Waals surface area (Å²) in [7, 11) is 0. The van der Waals surface area contributed by atoms with Crippen LogP contribution in [0.4, 0.5) is 5.69 Å². The topological polar surface area (TPSA) is 71.3 Å². The molecule has 0 radical (unpaired) electrons. The second-order valence-electron chi connectivity index (χ2n) is 8.15. The van der Waals surface area contributed by atoms with Gasteiger partial charge in [-0.05, 0) is 54.4 Å². The van der Waals surface area contributed by atoms with Crippen LogP contribution >= 0.6 is 15.9 Å². The van der Waals surface area contributed by atoms with E-state index in [-0.39, 0.29) is 11.8 Å². The van der Waals surface area contributed by atoms with Crippen LogP contribution in [0.2, 0.25) is 0 Å². The molecule has 7 heteroatoms. The molecule has 1 N–H and O–H groups in total. The number of hydrogen-bond acceptors (Lipinski definition) is 5. The Morgan fingerprint density at radius 3 is 2.84 bits per heavy atom. The summed E-state index contributed by atoms with van der Waals surface area (Å²) in [6, 6.07) is 22.0. The number of halogens is 1. The molecule has 1 aliphatic rings. The Morgan fingerprint density at radius 1 is 1.09 bits per heavy atom. The molecule has 1 saturated heterocycles. The third kappa shape index (κ3) is 4.74. The molecule has 2 heterocycles. The van der Waals surface area contributed by atoms with E-state index in [0.29, 0.717) is 24.8 Å². The number of rotatable bonds is 5. The second-order valence-corrected chi connectivity index (χ2v) is 9.06. The number of carbonyl (C=O) groups excluding carboxylic acids is 1. The predicted molar refractivity (Wildman–Crippen MR) is 128 cm³/mol. The van der Waals surface area contributed by atoms with Gasteiger partial charge in [-0.3, -0.25) is 9.69 Å². The van der Waals surface area contributed by atoms with E-state index in [9.17, 15) is 4.79 Å². The van der Waals surface area contributed by atoms with Crippen molar-refractivity contribution in [2.45, 2.75) is 19.4 Å². The van der Waals surface area contributed by atoms with Crippen molar-refractivity contribution in [3.05, 3.63) is 77.1 Å². The number of likely N-dealkylation sites (tertiary alicyclic amines) is 1. The first-order valence-electron chi connectivity index (χ1n) is 10.7. The van der Waals surface area contributed by atoms with Crippen molar-refractivity contribution in [2.75, 3.05) is 18.4 Å². The minimum Gasteiger partial charge on any atom is -0.338 e. The first-order valence-corrected chi connectivity index (χ1v) is 11.5. The molecule has 1 atom stereocenters. The average molecular weight is 491 g/mol. The normalized spacial score (nSPS) is 16.8. The number of nitrogens with one attached hydrogen (secondary N) is 1. The molecule has 0 aliphatic carbocycles. The van der Waals surface area contributed by atoms with Gasteiger partial charge in [0.25, 0.3) is 0 Å². The van der Waals surface area contributed by atoms with Crippen LogP contribution in [-0.2, 0) is 11.3 Å². The molecule has 3 aromatic carbocycles. The first kappa shape index (κ1) is 20.8. The molecule has 1 aliphatic heterocycles. The van der Waals surface area contributed by atoms with E-state index in [2.05, 4.69) is 48.4 Å². The van der Waals surface area contributed by atoms with Gasteiger partial charge in [0.05, 0.1) is 12.5 Å². The molecule has 0 spiro atoms. The lowest BCUT2D eigenvalue weighted by Crippen LogP contribution is -2.40. The fraction of sp³-hybridized carbons (Fsp3) is 0.240. The number of nitrogens with zero attached hydrogens (tertiary/aromatic N) is 3. The SMILES string of the molecule is O=C(Nc1ccc2ccccc2c1)C1CCCN(Cc2nc(-c3cccc(Br)c3)no2)C1. The van der Waals surface area contributed by atoms with Crippen LogP contribution < -0.4 is 5.32 Å². The number of amides is 1. The third-order valence-corrected chi connectivity index (χ3v) is 6.30. The maximum absolute atomic E-state index is 12.9. The van der Waals surface area contributed by atoms with E-state index in [0.717, 1.165) is 45.9 Å². The van der Waals surface area contributed by atoms with Gasteiger partial charge in [0.2, 0.25) is 17.6 Å². The van der Waals surface area contributed by atoms with Crippen LogP contribution in [0.3, 0.4) is 0 Å². The zero-order chi connectivity index (χ0) is 21.9. The van der Waals surface area contributed by atoms with Crippen molar-refractivity contribution in [3.63, 3.8) is 0 Å². The van der Waals surface area contributed by atoms with Gasteiger partial charge in [-0.2, -0.15) is 4.98 Å². The molecular formula is C25H23BrN4O2. The molecule has 162 valence electrons. The lowest BCUT2D eigenvalue weighted by Gasteiger charge is -2.30. The summed E-state index contributed by atoms with van der Waals surface area (Å²) in [6.07, 6.45) is 1.84. The lowest BCUT2D eigenvalue weighted by atomic mass is 9.97. The smallest absolute Gasteiger partial charge is 0.241 e.